The first kappa shape index (κ1) is 15.3. The second-order valence-corrected chi connectivity index (χ2v) is 5.93. The van der Waals surface area contributed by atoms with Gasteiger partial charge in [-0.05, 0) is 12.8 Å². The maximum absolute atomic E-state index is 12.0. The Morgan fingerprint density at radius 1 is 1.30 bits per heavy atom. The quantitative estimate of drug-likeness (QED) is 0.767. The predicted molar refractivity (Wildman–Crippen MR) is 85.5 cm³/mol. The van der Waals surface area contributed by atoms with Gasteiger partial charge in [-0.2, -0.15) is 4.98 Å². The first-order valence-electron chi connectivity index (χ1n) is 7.56. The van der Waals surface area contributed by atoms with Crippen molar-refractivity contribution in [2.24, 2.45) is 14.1 Å². The molecule has 0 aromatic carbocycles. The van der Waals surface area contributed by atoms with Gasteiger partial charge in [0.1, 0.15) is 0 Å². The molecule has 9 nitrogen and oxygen atoms in total. The van der Waals surface area contributed by atoms with Crippen LogP contribution in [-0.4, -0.2) is 49.0 Å². The number of amides is 1. The van der Waals surface area contributed by atoms with Crippen LogP contribution in [-0.2, 0) is 18.9 Å². The van der Waals surface area contributed by atoms with Crippen LogP contribution in [0.1, 0.15) is 19.8 Å². The molecule has 9 heteroatoms. The number of imidazole rings is 1. The lowest BCUT2D eigenvalue weighted by Crippen LogP contribution is -2.44. The average molecular weight is 320 g/mol. The van der Waals surface area contributed by atoms with Crippen molar-refractivity contribution in [3.63, 3.8) is 0 Å². The molecule has 1 aliphatic heterocycles. The number of aryl methyl sites for hydroxylation is 2. The monoisotopic (exact) mass is 320 g/mol. The van der Waals surface area contributed by atoms with E-state index in [0.717, 1.165) is 19.4 Å². The van der Waals surface area contributed by atoms with E-state index in [1.54, 1.807) is 30.5 Å². The summed E-state index contributed by atoms with van der Waals surface area (Å²) in [6, 6.07) is 0.0688. The number of hydrogen-bond donors (Lipinski definition) is 2. The summed E-state index contributed by atoms with van der Waals surface area (Å²) in [5, 5.41) is 3.29. The van der Waals surface area contributed by atoms with Crippen molar-refractivity contribution in [3.05, 3.63) is 20.8 Å². The predicted octanol–water partition coefficient (Wildman–Crippen LogP) is -0.617. The molecular formula is C14H20N6O3. The van der Waals surface area contributed by atoms with Gasteiger partial charge < -0.3 is 14.8 Å². The Morgan fingerprint density at radius 3 is 2.74 bits per heavy atom. The van der Waals surface area contributed by atoms with E-state index in [0.29, 0.717) is 23.7 Å². The van der Waals surface area contributed by atoms with Crippen molar-refractivity contribution in [2.45, 2.75) is 25.8 Å². The summed E-state index contributed by atoms with van der Waals surface area (Å²) in [5.41, 5.74) is -0.274. The van der Waals surface area contributed by atoms with E-state index in [4.69, 9.17) is 0 Å². The molecule has 0 aliphatic carbocycles. The molecule has 3 rings (SSSR count). The van der Waals surface area contributed by atoms with Crippen LogP contribution in [0.4, 0.5) is 5.95 Å². The number of aromatic nitrogens is 4. The number of likely N-dealkylation sites (tertiary alicyclic amines) is 1. The van der Waals surface area contributed by atoms with Crippen LogP contribution in [0.2, 0.25) is 0 Å². The van der Waals surface area contributed by atoms with Crippen LogP contribution in [0, 0.1) is 0 Å². The molecule has 124 valence electrons. The van der Waals surface area contributed by atoms with Gasteiger partial charge in [-0.1, -0.05) is 0 Å². The van der Waals surface area contributed by atoms with E-state index in [9.17, 15) is 14.4 Å². The first-order chi connectivity index (χ1) is 10.9. The average Bonchev–Trinajstić information content (AvgIpc) is 2.83. The van der Waals surface area contributed by atoms with Gasteiger partial charge in [0.15, 0.2) is 11.2 Å². The summed E-state index contributed by atoms with van der Waals surface area (Å²) >= 11 is 0. The lowest BCUT2D eigenvalue weighted by Gasteiger charge is -2.32. The van der Waals surface area contributed by atoms with Crippen LogP contribution in [0.5, 0.6) is 0 Å². The number of H-pyrrole nitrogens is 1. The number of carbonyl (C=O) groups is 1. The number of fused-ring (bicyclic) bond motifs is 1. The molecule has 1 fully saturated rings. The molecule has 1 aliphatic rings. The maximum atomic E-state index is 12.0. The summed E-state index contributed by atoms with van der Waals surface area (Å²) in [7, 11) is 3.29. The first-order valence-corrected chi connectivity index (χ1v) is 7.56. The highest BCUT2D eigenvalue weighted by Crippen LogP contribution is 2.18. The van der Waals surface area contributed by atoms with Crippen molar-refractivity contribution < 1.29 is 4.79 Å². The molecule has 1 saturated heterocycles. The van der Waals surface area contributed by atoms with Gasteiger partial charge in [0.2, 0.25) is 11.9 Å². The summed E-state index contributed by atoms with van der Waals surface area (Å²) < 4.78 is 2.95. The molecule has 3 heterocycles. The van der Waals surface area contributed by atoms with Crippen LogP contribution >= 0.6 is 0 Å². The molecule has 0 saturated carbocycles. The lowest BCUT2D eigenvalue weighted by atomic mass is 10.1. The number of nitrogens with one attached hydrogen (secondary N) is 2. The van der Waals surface area contributed by atoms with Gasteiger partial charge in [-0.15, -0.1) is 0 Å². The number of aromatic amines is 1. The molecule has 1 amide bonds. The van der Waals surface area contributed by atoms with E-state index in [2.05, 4.69) is 15.3 Å². The van der Waals surface area contributed by atoms with Gasteiger partial charge in [0.05, 0.1) is 0 Å². The Balaban J connectivity index is 1.95. The van der Waals surface area contributed by atoms with E-state index in [1.807, 2.05) is 0 Å². The van der Waals surface area contributed by atoms with Crippen LogP contribution < -0.4 is 16.6 Å². The topological polar surface area (TPSA) is 105 Å². The van der Waals surface area contributed by atoms with Crippen LogP contribution in [0.25, 0.3) is 11.2 Å². The zero-order valence-electron chi connectivity index (χ0n) is 13.4. The Labute approximate surface area is 131 Å². The Bertz CT molecular complexity index is 877. The van der Waals surface area contributed by atoms with Crippen molar-refractivity contribution in [2.75, 3.05) is 18.4 Å². The van der Waals surface area contributed by atoms with Crippen LogP contribution in [0.3, 0.4) is 0 Å². The number of rotatable bonds is 2. The zero-order valence-corrected chi connectivity index (χ0v) is 13.4. The number of piperidine rings is 1. The second-order valence-electron chi connectivity index (χ2n) is 5.93. The second kappa shape index (κ2) is 5.56. The van der Waals surface area contributed by atoms with E-state index >= 15 is 0 Å². The van der Waals surface area contributed by atoms with E-state index in [1.165, 1.54) is 4.57 Å². The fraction of sp³-hybridized carbons (Fsp3) is 0.571. The third-order valence-corrected chi connectivity index (χ3v) is 4.33. The maximum Gasteiger partial charge on any atom is 0.329 e. The van der Waals surface area contributed by atoms with Crippen molar-refractivity contribution in [1.82, 2.24) is 24.0 Å². The minimum absolute atomic E-state index is 0.0559. The fourth-order valence-corrected chi connectivity index (χ4v) is 3.00. The van der Waals surface area contributed by atoms with E-state index in [-0.39, 0.29) is 11.9 Å². The molecule has 0 radical (unpaired) electrons. The van der Waals surface area contributed by atoms with Crippen molar-refractivity contribution in [3.8, 4) is 0 Å². The molecular weight excluding hydrogens is 300 g/mol. The van der Waals surface area contributed by atoms with Crippen LogP contribution in [0.15, 0.2) is 9.59 Å². The third-order valence-electron chi connectivity index (χ3n) is 4.33. The van der Waals surface area contributed by atoms with E-state index < -0.39 is 11.2 Å². The summed E-state index contributed by atoms with van der Waals surface area (Å²) in [6.45, 7) is 2.94. The highest BCUT2D eigenvalue weighted by molar-refractivity contribution is 5.74. The van der Waals surface area contributed by atoms with Gasteiger partial charge in [0, 0.05) is 40.2 Å². The minimum atomic E-state index is -0.493. The SMILES string of the molecule is CC(=O)N1CCC[C@@H](Nc2nc3c(c(=O)[nH]c(=O)n3C)n2C)C1. The third kappa shape index (κ3) is 2.62. The molecule has 2 N–H and O–H groups in total. The zero-order chi connectivity index (χ0) is 16.7. The molecule has 1 atom stereocenters. The van der Waals surface area contributed by atoms with Gasteiger partial charge in [-0.25, -0.2) is 4.79 Å². The van der Waals surface area contributed by atoms with Gasteiger partial charge in [-0.3, -0.25) is 19.1 Å². The highest BCUT2D eigenvalue weighted by Gasteiger charge is 2.23. The molecule has 0 spiro atoms. The highest BCUT2D eigenvalue weighted by atomic mass is 16.2. The molecule has 2 aromatic heterocycles. The van der Waals surface area contributed by atoms with Crippen molar-refractivity contribution in [1.29, 1.82) is 0 Å². The number of carbonyl (C=O) groups excluding carboxylic acids is 1. The fourth-order valence-electron chi connectivity index (χ4n) is 3.00. The number of hydrogen-bond acceptors (Lipinski definition) is 5. The molecule has 2 aromatic rings. The summed E-state index contributed by atoms with van der Waals surface area (Å²) in [6.07, 6.45) is 1.84. The minimum Gasteiger partial charge on any atom is -0.351 e. The Hall–Kier alpha value is -2.58. The van der Waals surface area contributed by atoms with Crippen molar-refractivity contribution >= 4 is 23.0 Å². The normalized spacial score (nSPS) is 18.4. The molecule has 23 heavy (non-hydrogen) atoms. The molecule has 0 bridgehead atoms. The standard InChI is InChI=1S/C14H20N6O3/c1-8(21)20-6-4-5-9(7-20)15-13-16-11-10(18(13)2)12(22)17-14(23)19(11)3/h9H,4-7H2,1-3H3,(H,15,16)(H,17,22,23)/t9-/m1/s1. The smallest absolute Gasteiger partial charge is 0.329 e. The molecule has 0 unspecified atom stereocenters. The largest absolute Gasteiger partial charge is 0.351 e. The number of anilines is 1. The number of nitrogens with zero attached hydrogens (tertiary/aromatic N) is 4. The summed E-state index contributed by atoms with van der Waals surface area (Å²) in [5.74, 6) is 0.572. The Kier molecular flexibility index (Phi) is 3.70. The van der Waals surface area contributed by atoms with Gasteiger partial charge >= 0.3 is 5.69 Å². The Morgan fingerprint density at radius 2 is 2.04 bits per heavy atom. The van der Waals surface area contributed by atoms with Gasteiger partial charge in [0.25, 0.3) is 5.56 Å². The lowest BCUT2D eigenvalue weighted by molar-refractivity contribution is -0.129. The summed E-state index contributed by atoms with van der Waals surface area (Å²) in [4.78, 5) is 43.7.